The number of rotatable bonds is 6. The van der Waals surface area contributed by atoms with Crippen molar-refractivity contribution in [3.05, 3.63) is 34.1 Å². The van der Waals surface area contributed by atoms with Crippen LogP contribution in [0.15, 0.2) is 22.7 Å². The van der Waals surface area contributed by atoms with Gasteiger partial charge in [0.15, 0.2) is 0 Å². The third-order valence-electron chi connectivity index (χ3n) is 2.74. The molecule has 0 aliphatic rings. The van der Waals surface area contributed by atoms with Crippen LogP contribution in [-0.4, -0.2) is 12.3 Å². The zero-order chi connectivity index (χ0) is 12.8. The summed E-state index contributed by atoms with van der Waals surface area (Å²) < 4.78 is 13.6. The fraction of sp³-hybridized carbons (Fsp3) is 0.462. The monoisotopic (exact) mass is 301 g/mol. The number of hydrogen-bond acceptors (Lipinski definition) is 2. The van der Waals surface area contributed by atoms with Gasteiger partial charge in [0, 0.05) is 12.8 Å². The second-order valence-corrected chi connectivity index (χ2v) is 5.10. The zero-order valence-corrected chi connectivity index (χ0v) is 11.5. The van der Waals surface area contributed by atoms with Crippen LogP contribution in [0, 0.1) is 11.7 Å². The van der Waals surface area contributed by atoms with Gasteiger partial charge >= 0.3 is 0 Å². The lowest BCUT2D eigenvalue weighted by Gasteiger charge is -2.08. The van der Waals surface area contributed by atoms with Crippen molar-refractivity contribution in [3.8, 4) is 0 Å². The van der Waals surface area contributed by atoms with Crippen LogP contribution in [0.2, 0.25) is 0 Å². The Hall–Kier alpha value is -0.740. The van der Waals surface area contributed by atoms with E-state index in [-0.39, 0.29) is 18.0 Å². The van der Waals surface area contributed by atoms with E-state index >= 15 is 0 Å². The lowest BCUT2D eigenvalue weighted by Crippen LogP contribution is -2.13. The smallest absolute Gasteiger partial charge is 0.137 e. The molecule has 17 heavy (non-hydrogen) atoms. The molecule has 0 aliphatic carbocycles. The molecule has 0 amide bonds. The van der Waals surface area contributed by atoms with Crippen LogP contribution in [0.3, 0.4) is 0 Å². The summed E-state index contributed by atoms with van der Waals surface area (Å²) in [5, 5.41) is 0. The van der Waals surface area contributed by atoms with Crippen molar-refractivity contribution in [2.45, 2.75) is 26.2 Å². The van der Waals surface area contributed by atoms with E-state index in [0.29, 0.717) is 28.9 Å². The summed E-state index contributed by atoms with van der Waals surface area (Å²) in [4.78, 5) is 11.7. The SMILES string of the molecule is CC(CN)CCC(=O)Cc1cccc(F)c1Br. The number of carbonyl (C=O) groups is 1. The van der Waals surface area contributed by atoms with Crippen LogP contribution < -0.4 is 5.73 Å². The van der Waals surface area contributed by atoms with Crippen molar-refractivity contribution in [2.24, 2.45) is 11.7 Å². The summed E-state index contributed by atoms with van der Waals surface area (Å²) in [6, 6.07) is 4.75. The van der Waals surface area contributed by atoms with Crippen molar-refractivity contribution in [3.63, 3.8) is 0 Å². The molecule has 4 heteroatoms. The lowest BCUT2D eigenvalue weighted by atomic mass is 10.00. The van der Waals surface area contributed by atoms with Gasteiger partial charge in [-0.25, -0.2) is 4.39 Å². The Morgan fingerprint density at radius 1 is 1.53 bits per heavy atom. The lowest BCUT2D eigenvalue weighted by molar-refractivity contribution is -0.118. The van der Waals surface area contributed by atoms with Crippen LogP contribution in [0.1, 0.15) is 25.3 Å². The summed E-state index contributed by atoms with van der Waals surface area (Å²) in [6.07, 6.45) is 1.57. The topological polar surface area (TPSA) is 43.1 Å². The molecule has 0 saturated heterocycles. The van der Waals surface area contributed by atoms with E-state index in [9.17, 15) is 9.18 Å². The average molecular weight is 302 g/mol. The Labute approximate surface area is 110 Å². The highest BCUT2D eigenvalue weighted by Gasteiger charge is 2.10. The number of nitrogens with two attached hydrogens (primary N) is 1. The fourth-order valence-electron chi connectivity index (χ4n) is 1.51. The molecule has 0 radical (unpaired) electrons. The molecule has 0 fully saturated rings. The summed E-state index contributed by atoms with van der Waals surface area (Å²) in [5.74, 6) is 0.150. The first kappa shape index (κ1) is 14.3. The minimum Gasteiger partial charge on any atom is -0.330 e. The highest BCUT2D eigenvalue weighted by atomic mass is 79.9. The maximum Gasteiger partial charge on any atom is 0.137 e. The van der Waals surface area contributed by atoms with E-state index < -0.39 is 0 Å². The zero-order valence-electron chi connectivity index (χ0n) is 9.88. The van der Waals surface area contributed by atoms with E-state index in [1.807, 2.05) is 6.92 Å². The molecule has 0 bridgehead atoms. The predicted octanol–water partition coefficient (Wildman–Crippen LogP) is 3.07. The standard InChI is InChI=1S/C13H17BrFNO/c1-9(8-16)5-6-11(17)7-10-3-2-4-12(15)13(10)14/h2-4,9H,5-8,16H2,1H3. The largest absolute Gasteiger partial charge is 0.330 e. The third kappa shape index (κ3) is 4.56. The van der Waals surface area contributed by atoms with Crippen molar-refractivity contribution in [1.82, 2.24) is 0 Å². The third-order valence-corrected chi connectivity index (χ3v) is 3.63. The van der Waals surface area contributed by atoms with E-state index in [4.69, 9.17) is 5.73 Å². The molecule has 0 aromatic heterocycles. The molecule has 0 spiro atoms. The molecular weight excluding hydrogens is 285 g/mol. The van der Waals surface area contributed by atoms with Gasteiger partial charge in [0.1, 0.15) is 11.6 Å². The fourth-order valence-corrected chi connectivity index (χ4v) is 1.92. The maximum absolute atomic E-state index is 13.2. The molecule has 1 rings (SSSR count). The van der Waals surface area contributed by atoms with Crippen LogP contribution >= 0.6 is 15.9 Å². The highest BCUT2D eigenvalue weighted by molar-refractivity contribution is 9.10. The van der Waals surface area contributed by atoms with Crippen molar-refractivity contribution >= 4 is 21.7 Å². The molecule has 94 valence electrons. The molecule has 0 heterocycles. The quantitative estimate of drug-likeness (QED) is 0.877. The van der Waals surface area contributed by atoms with Crippen LogP contribution in [0.5, 0.6) is 0 Å². The van der Waals surface area contributed by atoms with Gasteiger partial charge in [-0.3, -0.25) is 4.79 Å². The summed E-state index contributed by atoms with van der Waals surface area (Å²) in [6.45, 7) is 2.61. The normalized spacial score (nSPS) is 12.5. The van der Waals surface area contributed by atoms with Crippen molar-refractivity contribution < 1.29 is 9.18 Å². The van der Waals surface area contributed by atoms with Crippen molar-refractivity contribution in [2.75, 3.05) is 6.54 Å². The van der Waals surface area contributed by atoms with Gasteiger partial charge in [0.2, 0.25) is 0 Å². The maximum atomic E-state index is 13.2. The first-order valence-corrected chi connectivity index (χ1v) is 6.48. The van der Waals surface area contributed by atoms with Crippen LogP contribution in [0.4, 0.5) is 4.39 Å². The Kier molecular flexibility index (Phi) is 5.78. The number of halogens is 2. The highest BCUT2D eigenvalue weighted by Crippen LogP contribution is 2.21. The Bertz CT molecular complexity index is 395. The van der Waals surface area contributed by atoms with Gasteiger partial charge in [0.05, 0.1) is 4.47 Å². The molecule has 1 atom stereocenters. The van der Waals surface area contributed by atoms with E-state index in [1.54, 1.807) is 12.1 Å². The number of ketones is 1. The summed E-state index contributed by atoms with van der Waals surface area (Å²) >= 11 is 3.16. The minimum atomic E-state index is -0.328. The minimum absolute atomic E-state index is 0.122. The van der Waals surface area contributed by atoms with Gasteiger partial charge in [-0.2, -0.15) is 0 Å². The summed E-state index contributed by atoms with van der Waals surface area (Å²) in [7, 11) is 0. The van der Waals surface area contributed by atoms with Gasteiger partial charge in [-0.15, -0.1) is 0 Å². The average Bonchev–Trinajstić information content (AvgIpc) is 2.32. The Morgan fingerprint density at radius 3 is 2.88 bits per heavy atom. The molecule has 0 saturated carbocycles. The van der Waals surface area contributed by atoms with E-state index in [1.165, 1.54) is 6.07 Å². The van der Waals surface area contributed by atoms with Crippen LogP contribution in [-0.2, 0) is 11.2 Å². The first-order valence-electron chi connectivity index (χ1n) is 5.69. The predicted molar refractivity (Wildman–Crippen MR) is 70.3 cm³/mol. The molecule has 1 aromatic rings. The van der Waals surface area contributed by atoms with E-state index in [2.05, 4.69) is 15.9 Å². The van der Waals surface area contributed by atoms with Gasteiger partial charge < -0.3 is 5.73 Å². The first-order chi connectivity index (χ1) is 8.04. The number of carbonyl (C=O) groups excluding carboxylic acids is 1. The Morgan fingerprint density at radius 2 is 2.24 bits per heavy atom. The van der Waals surface area contributed by atoms with E-state index in [0.717, 1.165) is 6.42 Å². The molecule has 1 aromatic carbocycles. The Balaban J connectivity index is 2.54. The molecule has 2 N–H and O–H groups in total. The molecule has 2 nitrogen and oxygen atoms in total. The van der Waals surface area contributed by atoms with Gasteiger partial charge in [-0.05, 0) is 46.4 Å². The van der Waals surface area contributed by atoms with Crippen molar-refractivity contribution in [1.29, 1.82) is 0 Å². The second-order valence-electron chi connectivity index (χ2n) is 4.31. The molecular formula is C13H17BrFNO. The number of Topliss-reactive ketones (excluding diaryl/α,β-unsaturated/α-hetero) is 1. The van der Waals surface area contributed by atoms with Gasteiger partial charge in [-0.1, -0.05) is 19.1 Å². The van der Waals surface area contributed by atoms with Gasteiger partial charge in [0.25, 0.3) is 0 Å². The molecule has 1 unspecified atom stereocenters. The molecule has 0 aliphatic heterocycles. The number of hydrogen-bond donors (Lipinski definition) is 1. The second kappa shape index (κ2) is 6.87. The summed E-state index contributed by atoms with van der Waals surface area (Å²) in [5.41, 5.74) is 6.19. The number of benzene rings is 1. The van der Waals surface area contributed by atoms with Crippen LogP contribution in [0.25, 0.3) is 0 Å².